The van der Waals surface area contributed by atoms with Crippen LogP contribution in [0.5, 0.6) is 0 Å². The van der Waals surface area contributed by atoms with Crippen LogP contribution in [0.1, 0.15) is 52.7 Å². The third-order valence-electron chi connectivity index (χ3n) is 15.4. The van der Waals surface area contributed by atoms with Crippen LogP contribution < -0.4 is 4.90 Å². The molecule has 0 unspecified atom stereocenters. The summed E-state index contributed by atoms with van der Waals surface area (Å²) in [6.45, 7) is 13.9. The molecule has 0 aliphatic rings. The second kappa shape index (κ2) is 17.5. The van der Waals surface area contributed by atoms with Gasteiger partial charge in [-0.1, -0.05) is 205 Å². The summed E-state index contributed by atoms with van der Waals surface area (Å²) in [5, 5.41) is 12.7. The third kappa shape index (κ3) is 7.90. The average molecular weight is 951 g/mol. The lowest BCUT2D eigenvalue weighted by molar-refractivity contribution is 0.591. The molecule has 0 amide bonds. The van der Waals surface area contributed by atoms with Crippen LogP contribution in [0.4, 0.5) is 17.1 Å². The molecule has 1 heterocycles. The van der Waals surface area contributed by atoms with E-state index in [9.17, 15) is 0 Å². The first-order valence-corrected chi connectivity index (χ1v) is 26.1. The number of benzene rings is 12. The van der Waals surface area contributed by atoms with Gasteiger partial charge in [-0.3, -0.25) is 0 Å². The van der Waals surface area contributed by atoms with E-state index in [1.165, 1.54) is 109 Å². The number of hydrogen-bond donors (Lipinski definition) is 0. The lowest BCUT2D eigenvalue weighted by atomic mass is 9.83. The lowest BCUT2D eigenvalue weighted by Gasteiger charge is -2.27. The van der Waals surface area contributed by atoms with E-state index in [0.717, 1.165) is 22.7 Å². The van der Waals surface area contributed by atoms with E-state index in [2.05, 4.69) is 294 Å². The molecular formula is C72H58N2. The van der Waals surface area contributed by atoms with Gasteiger partial charge in [0.15, 0.2) is 0 Å². The Labute approximate surface area is 434 Å². The SMILES string of the molecule is CC(C)(C)c1ccc2c3c(-c4cccc(N(c5ccc(-c6ccc7c(ccc8ccccc87)c6)cc5)c5ccc(-c6ccc7c(ccc8ccccc87)c6)cc5)c4)cc(C(C)(C)C)cc3n(-c3ccccc3)c2c1. The Balaban J connectivity index is 0.964. The summed E-state index contributed by atoms with van der Waals surface area (Å²) in [6.07, 6.45) is 0. The number of hydrogen-bond acceptors (Lipinski definition) is 1. The number of anilines is 3. The first-order chi connectivity index (χ1) is 35.9. The predicted octanol–water partition coefficient (Wildman–Crippen LogP) is 20.5. The number of aromatic nitrogens is 1. The zero-order valence-corrected chi connectivity index (χ0v) is 43.0. The molecule has 356 valence electrons. The zero-order valence-electron chi connectivity index (χ0n) is 43.0. The fourth-order valence-electron chi connectivity index (χ4n) is 11.4. The summed E-state index contributed by atoms with van der Waals surface area (Å²) >= 11 is 0. The molecule has 0 fully saturated rings. The van der Waals surface area contributed by atoms with Gasteiger partial charge >= 0.3 is 0 Å². The largest absolute Gasteiger partial charge is 0.310 e. The molecule has 0 atom stereocenters. The lowest BCUT2D eigenvalue weighted by Crippen LogP contribution is -2.12. The molecule has 2 heteroatoms. The third-order valence-corrected chi connectivity index (χ3v) is 15.4. The van der Waals surface area contributed by atoms with E-state index in [-0.39, 0.29) is 10.8 Å². The minimum absolute atomic E-state index is 0.00459. The Morgan fingerprint density at radius 1 is 0.297 bits per heavy atom. The van der Waals surface area contributed by atoms with Gasteiger partial charge in [0, 0.05) is 33.5 Å². The highest BCUT2D eigenvalue weighted by atomic mass is 15.1. The maximum absolute atomic E-state index is 2.49. The minimum Gasteiger partial charge on any atom is -0.310 e. The van der Waals surface area contributed by atoms with Crippen LogP contribution in [-0.2, 0) is 10.8 Å². The molecular weight excluding hydrogens is 893 g/mol. The predicted molar refractivity (Wildman–Crippen MR) is 319 cm³/mol. The summed E-state index contributed by atoms with van der Waals surface area (Å²) in [4.78, 5) is 2.42. The van der Waals surface area contributed by atoms with Gasteiger partial charge in [-0.2, -0.15) is 0 Å². The number of para-hydroxylation sites is 1. The van der Waals surface area contributed by atoms with Crippen LogP contribution in [0.15, 0.2) is 243 Å². The van der Waals surface area contributed by atoms with Crippen molar-refractivity contribution in [2.75, 3.05) is 4.90 Å². The summed E-state index contributed by atoms with van der Waals surface area (Å²) in [7, 11) is 0. The van der Waals surface area contributed by atoms with Crippen molar-refractivity contribution in [2.45, 2.75) is 52.4 Å². The molecule has 0 spiro atoms. The topological polar surface area (TPSA) is 8.17 Å². The highest BCUT2D eigenvalue weighted by Crippen LogP contribution is 2.45. The number of rotatable bonds is 7. The molecule has 74 heavy (non-hydrogen) atoms. The quantitative estimate of drug-likeness (QED) is 0.145. The van der Waals surface area contributed by atoms with Crippen LogP contribution >= 0.6 is 0 Å². The van der Waals surface area contributed by atoms with Crippen molar-refractivity contribution in [3.8, 4) is 39.1 Å². The first kappa shape index (κ1) is 45.2. The summed E-state index contributed by atoms with van der Waals surface area (Å²) in [5.74, 6) is 0. The van der Waals surface area contributed by atoms with Crippen LogP contribution in [0.3, 0.4) is 0 Å². The summed E-state index contributed by atoms with van der Waals surface area (Å²) in [6, 6.07) is 90.4. The Kier molecular flexibility index (Phi) is 10.7. The van der Waals surface area contributed by atoms with Gasteiger partial charge in [0.2, 0.25) is 0 Å². The van der Waals surface area contributed by atoms with E-state index in [0.29, 0.717) is 0 Å². The fourth-order valence-corrected chi connectivity index (χ4v) is 11.4. The van der Waals surface area contributed by atoms with Gasteiger partial charge in [-0.25, -0.2) is 0 Å². The molecule has 1 aromatic heterocycles. The molecule has 0 aliphatic carbocycles. The van der Waals surface area contributed by atoms with Crippen molar-refractivity contribution in [3.63, 3.8) is 0 Å². The molecule has 0 radical (unpaired) electrons. The summed E-state index contributed by atoms with van der Waals surface area (Å²) in [5.41, 5.74) is 16.6. The van der Waals surface area contributed by atoms with Crippen molar-refractivity contribution in [1.29, 1.82) is 0 Å². The minimum atomic E-state index is -0.0950. The number of nitrogens with zero attached hydrogens (tertiary/aromatic N) is 2. The smallest absolute Gasteiger partial charge is 0.0550 e. The first-order valence-electron chi connectivity index (χ1n) is 26.1. The van der Waals surface area contributed by atoms with Gasteiger partial charge < -0.3 is 9.47 Å². The molecule has 0 saturated heterocycles. The normalized spacial score (nSPS) is 12.2. The van der Waals surface area contributed by atoms with Crippen molar-refractivity contribution in [3.05, 3.63) is 254 Å². The van der Waals surface area contributed by atoms with Gasteiger partial charge in [0.1, 0.15) is 0 Å². The summed E-state index contributed by atoms with van der Waals surface area (Å²) < 4.78 is 2.49. The van der Waals surface area contributed by atoms with E-state index in [1.807, 2.05) is 0 Å². The fraction of sp³-hybridized carbons (Fsp3) is 0.111. The van der Waals surface area contributed by atoms with Crippen LogP contribution in [0.25, 0.3) is 104 Å². The van der Waals surface area contributed by atoms with Crippen molar-refractivity contribution >= 4 is 82.0 Å². The van der Waals surface area contributed by atoms with Crippen molar-refractivity contribution < 1.29 is 0 Å². The van der Waals surface area contributed by atoms with Crippen LogP contribution in [0, 0.1) is 0 Å². The Morgan fingerprint density at radius 2 is 0.784 bits per heavy atom. The number of fused-ring (bicyclic) bond motifs is 9. The standard InChI is InChI=1S/C72H58N2/c1-71(2,3)56-33-40-66-68(45-56)74(58-18-8-7-9-19-58)69-46-57(72(4,5)6)44-67(70(66)69)53-17-14-20-61(43-53)73(59-34-27-47(28-35-59)51-31-38-64-54(41-51)25-23-49-15-10-12-21-62(49)64)60-36-29-48(30-37-60)52-32-39-65-55(42-52)26-24-50-16-11-13-22-63(50)65/h7-46H,1-6H3. The van der Waals surface area contributed by atoms with Gasteiger partial charge in [-0.15, -0.1) is 0 Å². The van der Waals surface area contributed by atoms with Gasteiger partial charge in [0.25, 0.3) is 0 Å². The highest BCUT2D eigenvalue weighted by molar-refractivity contribution is 6.17. The molecule has 2 nitrogen and oxygen atoms in total. The molecule has 13 rings (SSSR count). The van der Waals surface area contributed by atoms with Crippen LogP contribution in [-0.4, -0.2) is 4.57 Å². The van der Waals surface area contributed by atoms with E-state index >= 15 is 0 Å². The average Bonchev–Trinajstić information content (AvgIpc) is 3.79. The molecule has 0 saturated carbocycles. The highest BCUT2D eigenvalue weighted by Gasteiger charge is 2.25. The molecule has 12 aromatic carbocycles. The van der Waals surface area contributed by atoms with E-state index in [4.69, 9.17) is 0 Å². The second-order valence-electron chi connectivity index (χ2n) is 22.2. The van der Waals surface area contributed by atoms with Crippen molar-refractivity contribution in [2.24, 2.45) is 0 Å². The van der Waals surface area contributed by atoms with E-state index in [1.54, 1.807) is 0 Å². The maximum atomic E-state index is 2.49. The zero-order chi connectivity index (χ0) is 50.3. The van der Waals surface area contributed by atoms with E-state index < -0.39 is 0 Å². The molecule has 0 N–H and O–H groups in total. The monoisotopic (exact) mass is 950 g/mol. The Hall–Kier alpha value is -8.72. The molecule has 0 bridgehead atoms. The van der Waals surface area contributed by atoms with Gasteiger partial charge in [0.05, 0.1) is 11.0 Å². The van der Waals surface area contributed by atoms with Crippen LogP contribution in [0.2, 0.25) is 0 Å². The Bertz CT molecular complexity index is 4130. The Morgan fingerprint density at radius 3 is 1.35 bits per heavy atom. The van der Waals surface area contributed by atoms with Crippen molar-refractivity contribution in [1.82, 2.24) is 4.57 Å². The second-order valence-corrected chi connectivity index (χ2v) is 22.2. The van der Waals surface area contributed by atoms with Gasteiger partial charge in [-0.05, 0) is 177 Å². The molecule has 13 aromatic rings. The maximum Gasteiger partial charge on any atom is 0.0550 e. The molecule has 0 aliphatic heterocycles.